The van der Waals surface area contributed by atoms with Crippen molar-refractivity contribution >= 4 is 0 Å². The quantitative estimate of drug-likeness (QED) is 0.879. The van der Waals surface area contributed by atoms with Crippen LogP contribution in [0.5, 0.6) is 0 Å². The van der Waals surface area contributed by atoms with Crippen LogP contribution in [0, 0.1) is 0 Å². The van der Waals surface area contributed by atoms with Crippen molar-refractivity contribution in [3.8, 4) is 0 Å². The molecule has 2 N–H and O–H groups in total. The van der Waals surface area contributed by atoms with E-state index in [-0.39, 0.29) is 6.04 Å². The van der Waals surface area contributed by atoms with Crippen molar-refractivity contribution in [1.82, 2.24) is 14.7 Å². The molecule has 2 rings (SSSR count). The molecule has 0 spiro atoms. The van der Waals surface area contributed by atoms with Gasteiger partial charge in [-0.3, -0.25) is 9.58 Å². The van der Waals surface area contributed by atoms with Gasteiger partial charge in [-0.05, 0) is 33.2 Å². The summed E-state index contributed by atoms with van der Waals surface area (Å²) in [6, 6.07) is 0.644. The van der Waals surface area contributed by atoms with E-state index in [0.29, 0.717) is 18.7 Å². The minimum absolute atomic E-state index is 0.255. The van der Waals surface area contributed by atoms with E-state index < -0.39 is 0 Å². The van der Waals surface area contributed by atoms with Gasteiger partial charge in [-0.15, -0.1) is 0 Å². The molecule has 19 heavy (non-hydrogen) atoms. The van der Waals surface area contributed by atoms with Crippen LogP contribution < -0.4 is 5.73 Å². The largest absolute Gasteiger partial charge is 0.380 e. The molecule has 0 saturated carbocycles. The molecular weight excluding hydrogens is 240 g/mol. The maximum atomic E-state index is 5.99. The van der Waals surface area contributed by atoms with E-state index in [4.69, 9.17) is 10.5 Å². The lowest BCUT2D eigenvalue weighted by molar-refractivity contribution is 0.0155. The molecule has 1 fully saturated rings. The Balaban J connectivity index is 2.09. The maximum Gasteiger partial charge on any atom is 0.0698 e. The smallest absolute Gasteiger partial charge is 0.0698 e. The molecule has 1 aliphatic heterocycles. The first-order valence-electron chi connectivity index (χ1n) is 7.16. The van der Waals surface area contributed by atoms with Gasteiger partial charge in [-0.25, -0.2) is 0 Å². The maximum absolute atomic E-state index is 5.99. The lowest BCUT2D eigenvalue weighted by Gasteiger charge is -2.36. The van der Waals surface area contributed by atoms with E-state index >= 15 is 0 Å². The average Bonchev–Trinajstić information content (AvgIpc) is 2.90. The Kier molecular flexibility index (Phi) is 4.96. The zero-order valence-corrected chi connectivity index (χ0v) is 12.2. The van der Waals surface area contributed by atoms with Gasteiger partial charge in [0.05, 0.1) is 18.3 Å². The Morgan fingerprint density at radius 1 is 1.53 bits per heavy atom. The van der Waals surface area contributed by atoms with Crippen LogP contribution >= 0.6 is 0 Å². The topological polar surface area (TPSA) is 56.3 Å². The molecule has 1 aliphatic rings. The van der Waals surface area contributed by atoms with Gasteiger partial charge in [0.1, 0.15) is 0 Å². The van der Waals surface area contributed by atoms with Gasteiger partial charge in [0.15, 0.2) is 0 Å². The molecule has 1 saturated heterocycles. The monoisotopic (exact) mass is 266 g/mol. The van der Waals surface area contributed by atoms with Crippen LogP contribution in [0.2, 0.25) is 0 Å². The Morgan fingerprint density at radius 2 is 2.32 bits per heavy atom. The third kappa shape index (κ3) is 3.35. The number of rotatable bonds is 5. The summed E-state index contributed by atoms with van der Waals surface area (Å²) < 4.78 is 7.49. The highest BCUT2D eigenvalue weighted by Gasteiger charge is 2.26. The van der Waals surface area contributed by atoms with Crippen LogP contribution in [0.25, 0.3) is 0 Å². The Morgan fingerprint density at radius 3 is 2.89 bits per heavy atom. The fourth-order valence-electron chi connectivity index (χ4n) is 2.74. The van der Waals surface area contributed by atoms with E-state index in [1.165, 1.54) is 12.0 Å². The zero-order chi connectivity index (χ0) is 13.8. The lowest BCUT2D eigenvalue weighted by atomic mass is 10.0. The van der Waals surface area contributed by atoms with Crippen LogP contribution in [0.1, 0.15) is 44.3 Å². The van der Waals surface area contributed by atoms with E-state index in [1.807, 2.05) is 10.9 Å². The first kappa shape index (κ1) is 14.5. The standard InChI is InChI=1S/C14H26N4O/c1-11(2)18-9-12(8-16-18)14(7-15)17-6-4-5-13(10-17)19-3/h8-9,11,13-14H,4-7,10,15H2,1-3H3. The summed E-state index contributed by atoms with van der Waals surface area (Å²) in [5.74, 6) is 0. The predicted molar refractivity (Wildman–Crippen MR) is 76.0 cm³/mol. The number of ether oxygens (including phenoxy) is 1. The van der Waals surface area contributed by atoms with Crippen molar-refractivity contribution in [2.75, 3.05) is 26.7 Å². The molecule has 2 atom stereocenters. The summed E-state index contributed by atoms with van der Waals surface area (Å²) in [7, 11) is 1.79. The van der Waals surface area contributed by atoms with E-state index in [9.17, 15) is 0 Å². The van der Waals surface area contributed by atoms with Gasteiger partial charge in [0.2, 0.25) is 0 Å². The minimum Gasteiger partial charge on any atom is -0.380 e. The molecule has 0 bridgehead atoms. The average molecular weight is 266 g/mol. The van der Waals surface area contributed by atoms with Gasteiger partial charge in [0.25, 0.3) is 0 Å². The summed E-state index contributed by atoms with van der Waals surface area (Å²) >= 11 is 0. The number of aromatic nitrogens is 2. The van der Waals surface area contributed by atoms with Gasteiger partial charge in [-0.2, -0.15) is 5.10 Å². The van der Waals surface area contributed by atoms with Crippen LogP contribution in [0.15, 0.2) is 12.4 Å². The highest BCUT2D eigenvalue weighted by Crippen LogP contribution is 2.25. The van der Waals surface area contributed by atoms with Crippen molar-refractivity contribution in [3.05, 3.63) is 18.0 Å². The van der Waals surface area contributed by atoms with Gasteiger partial charge >= 0.3 is 0 Å². The first-order valence-corrected chi connectivity index (χ1v) is 7.16. The first-order chi connectivity index (χ1) is 9.15. The molecule has 0 aromatic carbocycles. The Hall–Kier alpha value is -0.910. The summed E-state index contributed by atoms with van der Waals surface area (Å²) in [5, 5.41) is 4.42. The molecular formula is C14H26N4O. The highest BCUT2D eigenvalue weighted by atomic mass is 16.5. The van der Waals surface area contributed by atoms with Crippen LogP contribution in [-0.4, -0.2) is 47.5 Å². The second-order valence-electron chi connectivity index (χ2n) is 5.59. The van der Waals surface area contributed by atoms with Gasteiger partial charge < -0.3 is 10.5 Å². The molecule has 1 aromatic heterocycles. The highest BCUT2D eigenvalue weighted by molar-refractivity contribution is 5.12. The predicted octanol–water partition coefficient (Wildman–Crippen LogP) is 1.57. The summed E-state index contributed by atoms with van der Waals surface area (Å²) in [6.07, 6.45) is 6.73. The van der Waals surface area contributed by atoms with Crippen molar-refractivity contribution in [1.29, 1.82) is 0 Å². The van der Waals surface area contributed by atoms with Crippen molar-refractivity contribution < 1.29 is 4.74 Å². The van der Waals surface area contributed by atoms with Crippen molar-refractivity contribution in [2.45, 2.75) is 44.9 Å². The fourth-order valence-corrected chi connectivity index (χ4v) is 2.74. The van der Waals surface area contributed by atoms with Gasteiger partial charge in [0, 0.05) is 38.0 Å². The normalized spacial score (nSPS) is 22.9. The van der Waals surface area contributed by atoms with Crippen LogP contribution in [-0.2, 0) is 4.74 Å². The minimum atomic E-state index is 0.255. The molecule has 1 aromatic rings. The molecule has 0 amide bonds. The third-order valence-corrected chi connectivity index (χ3v) is 3.94. The molecule has 2 unspecified atom stereocenters. The molecule has 0 aliphatic carbocycles. The third-order valence-electron chi connectivity index (χ3n) is 3.94. The van der Waals surface area contributed by atoms with Crippen LogP contribution in [0.4, 0.5) is 0 Å². The number of methoxy groups -OCH3 is 1. The molecule has 0 radical (unpaired) electrons. The molecule has 108 valence electrons. The second-order valence-corrected chi connectivity index (χ2v) is 5.59. The van der Waals surface area contributed by atoms with Gasteiger partial charge in [-0.1, -0.05) is 0 Å². The second kappa shape index (κ2) is 6.50. The summed E-state index contributed by atoms with van der Waals surface area (Å²) in [6.45, 7) is 6.95. The molecule has 5 heteroatoms. The lowest BCUT2D eigenvalue weighted by Crippen LogP contribution is -2.43. The number of nitrogens with zero attached hydrogens (tertiary/aromatic N) is 3. The number of piperidine rings is 1. The number of nitrogens with two attached hydrogens (primary N) is 1. The number of hydrogen-bond acceptors (Lipinski definition) is 4. The Bertz CT molecular complexity index is 391. The molecule has 5 nitrogen and oxygen atoms in total. The zero-order valence-electron chi connectivity index (χ0n) is 12.2. The number of hydrogen-bond donors (Lipinski definition) is 1. The van der Waals surface area contributed by atoms with Crippen molar-refractivity contribution in [3.63, 3.8) is 0 Å². The Labute approximate surface area is 115 Å². The summed E-state index contributed by atoms with van der Waals surface area (Å²) in [5.41, 5.74) is 7.20. The summed E-state index contributed by atoms with van der Waals surface area (Å²) in [4.78, 5) is 2.43. The van der Waals surface area contributed by atoms with E-state index in [1.54, 1.807) is 7.11 Å². The number of likely N-dealkylation sites (tertiary alicyclic amines) is 1. The van der Waals surface area contributed by atoms with E-state index in [0.717, 1.165) is 19.5 Å². The fraction of sp³-hybridized carbons (Fsp3) is 0.786. The van der Waals surface area contributed by atoms with E-state index in [2.05, 4.69) is 30.0 Å². The SMILES string of the molecule is COC1CCCN(C(CN)c2cnn(C(C)C)c2)C1. The van der Waals surface area contributed by atoms with Crippen molar-refractivity contribution in [2.24, 2.45) is 5.73 Å². The van der Waals surface area contributed by atoms with Crippen LogP contribution in [0.3, 0.4) is 0 Å². The molecule has 2 heterocycles.